The second kappa shape index (κ2) is 5.51. The van der Waals surface area contributed by atoms with Gasteiger partial charge in [0.2, 0.25) is 0 Å². The number of carbonyl (C=O) groups excluding carboxylic acids is 1. The Hall–Kier alpha value is -1.07. The lowest BCUT2D eigenvalue weighted by molar-refractivity contribution is -0.142. The SMILES string of the molecule is CC1C(C(=O)O)CCN1C(=O)c1cc(Br)ccc1Cl. The predicted octanol–water partition coefficient (Wildman–Crippen LogP) is 3.04. The van der Waals surface area contributed by atoms with Gasteiger partial charge in [0.15, 0.2) is 0 Å². The van der Waals surface area contributed by atoms with Gasteiger partial charge in [-0.2, -0.15) is 0 Å². The number of carboxylic acids is 1. The molecule has 0 bridgehead atoms. The normalized spacial score (nSPS) is 22.6. The van der Waals surface area contributed by atoms with Crippen LogP contribution in [0.25, 0.3) is 0 Å². The molecule has 1 aliphatic rings. The van der Waals surface area contributed by atoms with Crippen LogP contribution in [0.4, 0.5) is 0 Å². The van der Waals surface area contributed by atoms with Crippen LogP contribution in [0.1, 0.15) is 23.7 Å². The lowest BCUT2D eigenvalue weighted by Gasteiger charge is -2.23. The number of hydrogen-bond donors (Lipinski definition) is 1. The molecule has 2 atom stereocenters. The van der Waals surface area contributed by atoms with E-state index in [1.165, 1.54) is 0 Å². The fourth-order valence-corrected chi connectivity index (χ4v) is 2.93. The molecule has 1 fully saturated rings. The topological polar surface area (TPSA) is 57.6 Å². The molecule has 1 aromatic rings. The van der Waals surface area contributed by atoms with Gasteiger partial charge in [0.05, 0.1) is 16.5 Å². The van der Waals surface area contributed by atoms with Crippen molar-refractivity contribution >= 4 is 39.4 Å². The summed E-state index contributed by atoms with van der Waals surface area (Å²) in [6.45, 7) is 2.20. The highest BCUT2D eigenvalue weighted by molar-refractivity contribution is 9.10. The number of amides is 1. The number of rotatable bonds is 2. The van der Waals surface area contributed by atoms with Gasteiger partial charge < -0.3 is 10.0 Å². The Morgan fingerprint density at radius 1 is 1.47 bits per heavy atom. The number of benzene rings is 1. The van der Waals surface area contributed by atoms with Crippen LogP contribution < -0.4 is 0 Å². The minimum Gasteiger partial charge on any atom is -0.481 e. The minimum atomic E-state index is -0.858. The van der Waals surface area contributed by atoms with Crippen molar-refractivity contribution in [1.29, 1.82) is 0 Å². The molecular weight excluding hydrogens is 334 g/mol. The molecule has 0 aromatic heterocycles. The van der Waals surface area contributed by atoms with Crippen LogP contribution in [0.3, 0.4) is 0 Å². The quantitative estimate of drug-likeness (QED) is 0.895. The molecule has 6 heteroatoms. The van der Waals surface area contributed by atoms with Gasteiger partial charge in [-0.1, -0.05) is 27.5 Å². The van der Waals surface area contributed by atoms with Crippen LogP contribution in [-0.2, 0) is 4.79 Å². The predicted molar refractivity (Wildman–Crippen MR) is 75.4 cm³/mol. The molecule has 4 nitrogen and oxygen atoms in total. The largest absolute Gasteiger partial charge is 0.481 e. The van der Waals surface area contributed by atoms with Gasteiger partial charge in [-0.25, -0.2) is 0 Å². The molecule has 1 amide bonds. The van der Waals surface area contributed by atoms with E-state index in [1.807, 2.05) is 0 Å². The highest BCUT2D eigenvalue weighted by Gasteiger charge is 2.38. The third-order valence-electron chi connectivity index (χ3n) is 3.49. The third kappa shape index (κ3) is 2.77. The zero-order valence-corrected chi connectivity index (χ0v) is 12.6. The van der Waals surface area contributed by atoms with Crippen LogP contribution in [0.15, 0.2) is 22.7 Å². The number of halogens is 2. The van der Waals surface area contributed by atoms with E-state index < -0.39 is 11.9 Å². The van der Waals surface area contributed by atoms with Gasteiger partial charge in [-0.15, -0.1) is 0 Å². The highest BCUT2D eigenvalue weighted by Crippen LogP contribution is 2.29. The number of hydrogen-bond acceptors (Lipinski definition) is 2. The van der Waals surface area contributed by atoms with E-state index >= 15 is 0 Å². The molecule has 0 saturated carbocycles. The van der Waals surface area contributed by atoms with Gasteiger partial charge in [0, 0.05) is 17.1 Å². The fourth-order valence-electron chi connectivity index (χ4n) is 2.37. The first-order chi connectivity index (χ1) is 8.91. The van der Waals surface area contributed by atoms with Gasteiger partial charge in [0.1, 0.15) is 0 Å². The second-order valence-corrected chi connectivity index (χ2v) is 5.92. The van der Waals surface area contributed by atoms with Gasteiger partial charge >= 0.3 is 5.97 Å². The summed E-state index contributed by atoms with van der Waals surface area (Å²) in [6, 6.07) is 4.74. The summed E-state index contributed by atoms with van der Waals surface area (Å²) in [6.07, 6.45) is 0.480. The highest BCUT2D eigenvalue weighted by atomic mass is 79.9. The average Bonchev–Trinajstić information content (AvgIpc) is 2.73. The van der Waals surface area contributed by atoms with E-state index in [0.29, 0.717) is 23.6 Å². The number of aliphatic carboxylic acids is 1. The van der Waals surface area contributed by atoms with Crippen molar-refractivity contribution in [1.82, 2.24) is 4.90 Å². The standard InChI is InChI=1S/C13H13BrClNO3/c1-7-9(13(18)19)4-5-16(7)12(17)10-6-8(14)2-3-11(10)15/h2-3,6-7,9H,4-5H2,1H3,(H,18,19). The van der Waals surface area contributed by atoms with E-state index in [0.717, 1.165) is 4.47 Å². The molecule has 1 aromatic carbocycles. The Bertz CT molecular complexity index is 535. The maximum Gasteiger partial charge on any atom is 0.308 e. The van der Waals surface area contributed by atoms with Gasteiger partial charge in [-0.3, -0.25) is 9.59 Å². The van der Waals surface area contributed by atoms with E-state index in [1.54, 1.807) is 30.0 Å². The zero-order valence-electron chi connectivity index (χ0n) is 10.3. The zero-order chi connectivity index (χ0) is 14.2. The fraction of sp³-hybridized carbons (Fsp3) is 0.385. The monoisotopic (exact) mass is 345 g/mol. The summed E-state index contributed by atoms with van der Waals surface area (Å²) in [5, 5.41) is 9.46. The Kier molecular flexibility index (Phi) is 4.16. The lowest BCUT2D eigenvalue weighted by Crippen LogP contribution is -2.37. The molecule has 0 spiro atoms. The summed E-state index contributed by atoms with van der Waals surface area (Å²) in [5.41, 5.74) is 0.397. The average molecular weight is 347 g/mol. The number of carbonyl (C=O) groups is 2. The lowest BCUT2D eigenvalue weighted by atomic mass is 10.0. The van der Waals surface area contributed by atoms with Crippen LogP contribution >= 0.6 is 27.5 Å². The van der Waals surface area contributed by atoms with Gasteiger partial charge in [0.25, 0.3) is 5.91 Å². The van der Waals surface area contributed by atoms with Crippen molar-refractivity contribution in [3.05, 3.63) is 33.3 Å². The van der Waals surface area contributed by atoms with E-state index in [9.17, 15) is 9.59 Å². The maximum atomic E-state index is 12.4. The van der Waals surface area contributed by atoms with Crippen LogP contribution in [0.2, 0.25) is 5.02 Å². The summed E-state index contributed by atoms with van der Waals surface area (Å²) in [4.78, 5) is 25.1. The van der Waals surface area contributed by atoms with Crippen molar-refractivity contribution < 1.29 is 14.7 Å². The summed E-state index contributed by atoms with van der Waals surface area (Å²) < 4.78 is 0.766. The molecule has 102 valence electrons. The summed E-state index contributed by atoms with van der Waals surface area (Å²) in [5.74, 6) is -1.58. The van der Waals surface area contributed by atoms with E-state index in [-0.39, 0.29) is 11.9 Å². The van der Waals surface area contributed by atoms with Crippen molar-refractivity contribution in [2.45, 2.75) is 19.4 Å². The smallest absolute Gasteiger partial charge is 0.308 e. The molecule has 1 aliphatic heterocycles. The van der Waals surface area contributed by atoms with Crippen LogP contribution in [-0.4, -0.2) is 34.5 Å². The first-order valence-electron chi connectivity index (χ1n) is 5.90. The number of carboxylic acid groups (broad SMARTS) is 1. The van der Waals surface area contributed by atoms with E-state index in [4.69, 9.17) is 16.7 Å². The Labute approximate surface area is 124 Å². The Balaban J connectivity index is 2.26. The Morgan fingerprint density at radius 3 is 2.74 bits per heavy atom. The number of nitrogens with zero attached hydrogens (tertiary/aromatic N) is 1. The maximum absolute atomic E-state index is 12.4. The molecule has 2 unspecified atom stereocenters. The summed E-state index contributed by atoms with van der Waals surface area (Å²) in [7, 11) is 0. The molecule has 1 saturated heterocycles. The van der Waals surface area contributed by atoms with Crippen molar-refractivity contribution in [3.63, 3.8) is 0 Å². The first-order valence-corrected chi connectivity index (χ1v) is 7.07. The van der Waals surface area contributed by atoms with Crippen molar-refractivity contribution in [2.24, 2.45) is 5.92 Å². The van der Waals surface area contributed by atoms with Crippen molar-refractivity contribution in [2.75, 3.05) is 6.54 Å². The molecular formula is C13H13BrClNO3. The van der Waals surface area contributed by atoms with Crippen LogP contribution in [0.5, 0.6) is 0 Å². The molecule has 0 radical (unpaired) electrons. The van der Waals surface area contributed by atoms with Crippen molar-refractivity contribution in [3.8, 4) is 0 Å². The van der Waals surface area contributed by atoms with Crippen LogP contribution in [0, 0.1) is 5.92 Å². The van der Waals surface area contributed by atoms with Gasteiger partial charge in [-0.05, 0) is 31.5 Å². The molecule has 1 heterocycles. The summed E-state index contributed by atoms with van der Waals surface area (Å²) >= 11 is 9.33. The first kappa shape index (κ1) is 14.3. The molecule has 0 aliphatic carbocycles. The molecule has 2 rings (SSSR count). The van der Waals surface area contributed by atoms with E-state index in [2.05, 4.69) is 15.9 Å². The number of likely N-dealkylation sites (tertiary alicyclic amines) is 1. The third-order valence-corrected chi connectivity index (χ3v) is 4.31. The minimum absolute atomic E-state index is 0.220. The molecule has 1 N–H and O–H groups in total. The Morgan fingerprint density at radius 2 is 2.16 bits per heavy atom. The molecule has 19 heavy (non-hydrogen) atoms. The second-order valence-electron chi connectivity index (χ2n) is 4.60.